The minimum absolute atomic E-state index is 0.634. The van der Waals surface area contributed by atoms with E-state index in [4.69, 9.17) is 9.15 Å². The quantitative estimate of drug-likeness (QED) is 0.511. The number of furan rings is 1. The Labute approximate surface area is 134 Å². The molecule has 2 aromatic carbocycles. The monoisotopic (exact) mass is 303 g/mol. The Morgan fingerprint density at radius 1 is 1.04 bits per heavy atom. The molecule has 2 aromatic heterocycles. The highest BCUT2D eigenvalue weighted by Crippen LogP contribution is 2.34. The van der Waals surface area contributed by atoms with Crippen LogP contribution < -0.4 is 4.74 Å². The van der Waals surface area contributed by atoms with Crippen LogP contribution in [0, 0.1) is 6.92 Å². The van der Waals surface area contributed by atoms with Gasteiger partial charge in [0.25, 0.3) is 0 Å². The topological polar surface area (TPSA) is 35.3 Å². The molecule has 114 valence electrons. The predicted octanol–water partition coefficient (Wildman–Crippen LogP) is 5.36. The number of aromatic nitrogens is 1. The van der Waals surface area contributed by atoms with E-state index in [1.54, 1.807) is 6.20 Å². The van der Waals surface area contributed by atoms with E-state index in [1.807, 2.05) is 31.2 Å². The highest BCUT2D eigenvalue weighted by Gasteiger charge is 2.12. The van der Waals surface area contributed by atoms with Crippen LogP contribution in [0.25, 0.3) is 33.2 Å². The number of hydrogen-bond donors (Lipinski definition) is 0. The molecule has 0 spiro atoms. The lowest BCUT2D eigenvalue weighted by atomic mass is 10.0. The highest BCUT2D eigenvalue weighted by molar-refractivity contribution is 5.95. The SMILES string of the molecule is CCOc1cnc2c(-c3cc4ccccc4o3)cc(C)cc2c1. The van der Waals surface area contributed by atoms with E-state index >= 15 is 0 Å². The molecule has 4 aromatic rings. The maximum absolute atomic E-state index is 6.02. The number of para-hydroxylation sites is 1. The Balaban J connectivity index is 1.94. The molecule has 0 saturated heterocycles. The maximum atomic E-state index is 6.02. The van der Waals surface area contributed by atoms with Gasteiger partial charge in [0, 0.05) is 16.3 Å². The first-order valence-corrected chi connectivity index (χ1v) is 7.77. The molecule has 0 N–H and O–H groups in total. The van der Waals surface area contributed by atoms with Gasteiger partial charge in [-0.1, -0.05) is 18.2 Å². The number of benzene rings is 2. The van der Waals surface area contributed by atoms with E-state index in [1.165, 1.54) is 5.56 Å². The largest absolute Gasteiger partial charge is 0.492 e. The molecule has 0 aliphatic heterocycles. The van der Waals surface area contributed by atoms with E-state index in [9.17, 15) is 0 Å². The third-order valence-corrected chi connectivity index (χ3v) is 3.90. The first kappa shape index (κ1) is 13.8. The second-order valence-electron chi connectivity index (χ2n) is 5.64. The smallest absolute Gasteiger partial charge is 0.138 e. The van der Waals surface area contributed by atoms with Gasteiger partial charge in [0.1, 0.15) is 17.1 Å². The molecule has 23 heavy (non-hydrogen) atoms. The summed E-state index contributed by atoms with van der Waals surface area (Å²) in [5.41, 5.74) is 4.00. The zero-order valence-electron chi connectivity index (χ0n) is 13.2. The number of hydrogen-bond acceptors (Lipinski definition) is 3. The van der Waals surface area contributed by atoms with E-state index in [2.05, 4.69) is 36.2 Å². The average Bonchev–Trinajstić information content (AvgIpc) is 2.98. The Hall–Kier alpha value is -2.81. The summed E-state index contributed by atoms with van der Waals surface area (Å²) in [5.74, 6) is 1.64. The molecule has 3 nitrogen and oxygen atoms in total. The van der Waals surface area contributed by atoms with Gasteiger partial charge in [-0.05, 0) is 49.7 Å². The third kappa shape index (κ3) is 2.44. The molecule has 2 heterocycles. The Morgan fingerprint density at radius 3 is 2.74 bits per heavy atom. The van der Waals surface area contributed by atoms with Crippen molar-refractivity contribution in [3.63, 3.8) is 0 Å². The normalized spacial score (nSPS) is 11.2. The molecule has 4 rings (SSSR count). The van der Waals surface area contributed by atoms with Gasteiger partial charge in [-0.2, -0.15) is 0 Å². The molecule has 0 radical (unpaired) electrons. The zero-order chi connectivity index (χ0) is 15.8. The second kappa shape index (κ2) is 5.43. The van der Waals surface area contributed by atoms with Gasteiger partial charge in [0.2, 0.25) is 0 Å². The Morgan fingerprint density at radius 2 is 1.91 bits per heavy atom. The van der Waals surface area contributed by atoms with Gasteiger partial charge in [0.05, 0.1) is 18.3 Å². The van der Waals surface area contributed by atoms with Gasteiger partial charge in [-0.3, -0.25) is 4.98 Å². The number of nitrogens with zero attached hydrogens (tertiary/aromatic N) is 1. The molecule has 0 aliphatic rings. The van der Waals surface area contributed by atoms with Gasteiger partial charge in [-0.25, -0.2) is 0 Å². The van der Waals surface area contributed by atoms with Crippen molar-refractivity contribution in [1.29, 1.82) is 0 Å². The third-order valence-electron chi connectivity index (χ3n) is 3.90. The van der Waals surface area contributed by atoms with Gasteiger partial charge < -0.3 is 9.15 Å². The Kier molecular flexibility index (Phi) is 3.27. The molecule has 3 heteroatoms. The minimum Gasteiger partial charge on any atom is -0.492 e. The second-order valence-corrected chi connectivity index (χ2v) is 5.64. The van der Waals surface area contributed by atoms with Crippen molar-refractivity contribution in [3.05, 3.63) is 60.3 Å². The number of ether oxygens (including phenoxy) is 1. The molecule has 0 amide bonds. The molecular formula is C20H17NO2. The van der Waals surface area contributed by atoms with E-state index in [-0.39, 0.29) is 0 Å². The van der Waals surface area contributed by atoms with Crippen molar-refractivity contribution >= 4 is 21.9 Å². The number of fused-ring (bicyclic) bond motifs is 2. The van der Waals surface area contributed by atoms with Crippen LogP contribution in [-0.2, 0) is 0 Å². The van der Waals surface area contributed by atoms with Crippen LogP contribution in [-0.4, -0.2) is 11.6 Å². The lowest BCUT2D eigenvalue weighted by molar-refractivity contribution is 0.339. The number of aryl methyl sites for hydroxylation is 1. The fourth-order valence-corrected chi connectivity index (χ4v) is 2.93. The lowest BCUT2D eigenvalue weighted by Gasteiger charge is -2.08. The Bertz CT molecular complexity index is 968. The summed E-state index contributed by atoms with van der Waals surface area (Å²) in [7, 11) is 0. The summed E-state index contributed by atoms with van der Waals surface area (Å²) in [6.45, 7) is 4.69. The van der Waals surface area contributed by atoms with Crippen LogP contribution >= 0.6 is 0 Å². The van der Waals surface area contributed by atoms with Crippen molar-refractivity contribution in [1.82, 2.24) is 4.98 Å². The van der Waals surface area contributed by atoms with Crippen molar-refractivity contribution in [3.8, 4) is 17.1 Å². The van der Waals surface area contributed by atoms with Crippen LogP contribution in [0.4, 0.5) is 0 Å². The van der Waals surface area contributed by atoms with E-state index in [0.717, 1.165) is 38.9 Å². The average molecular weight is 303 g/mol. The zero-order valence-corrected chi connectivity index (χ0v) is 13.2. The highest BCUT2D eigenvalue weighted by atomic mass is 16.5. The summed E-state index contributed by atoms with van der Waals surface area (Å²) < 4.78 is 11.6. The van der Waals surface area contributed by atoms with Gasteiger partial charge in [0.15, 0.2) is 0 Å². The van der Waals surface area contributed by atoms with Crippen LogP contribution in [0.15, 0.2) is 59.1 Å². The summed E-state index contributed by atoms with van der Waals surface area (Å²) >= 11 is 0. The molecule has 0 fully saturated rings. The van der Waals surface area contributed by atoms with Crippen molar-refractivity contribution in [2.24, 2.45) is 0 Å². The van der Waals surface area contributed by atoms with Gasteiger partial charge in [-0.15, -0.1) is 0 Å². The fraction of sp³-hybridized carbons (Fsp3) is 0.150. The summed E-state index contributed by atoms with van der Waals surface area (Å²) in [6, 6.07) is 16.4. The van der Waals surface area contributed by atoms with Crippen molar-refractivity contribution < 1.29 is 9.15 Å². The van der Waals surface area contributed by atoms with Crippen LogP contribution in [0.2, 0.25) is 0 Å². The van der Waals surface area contributed by atoms with E-state index in [0.29, 0.717) is 6.61 Å². The maximum Gasteiger partial charge on any atom is 0.138 e. The van der Waals surface area contributed by atoms with Crippen LogP contribution in [0.5, 0.6) is 5.75 Å². The standard InChI is InChI=1S/C20H17NO2/c1-3-22-16-10-15-8-13(2)9-17(20(15)21-12-16)19-11-14-6-4-5-7-18(14)23-19/h4-12H,3H2,1-2H3. The first-order valence-electron chi connectivity index (χ1n) is 7.77. The first-order chi connectivity index (χ1) is 11.2. The molecule has 0 aliphatic carbocycles. The molecule has 0 atom stereocenters. The minimum atomic E-state index is 0.634. The van der Waals surface area contributed by atoms with Crippen LogP contribution in [0.1, 0.15) is 12.5 Å². The molecule has 0 saturated carbocycles. The van der Waals surface area contributed by atoms with Gasteiger partial charge >= 0.3 is 0 Å². The summed E-state index contributed by atoms with van der Waals surface area (Å²) in [4.78, 5) is 4.60. The summed E-state index contributed by atoms with van der Waals surface area (Å²) in [6.07, 6.45) is 1.77. The molecular weight excluding hydrogens is 286 g/mol. The molecule has 0 unspecified atom stereocenters. The van der Waals surface area contributed by atoms with Crippen molar-refractivity contribution in [2.75, 3.05) is 6.61 Å². The fourth-order valence-electron chi connectivity index (χ4n) is 2.93. The lowest BCUT2D eigenvalue weighted by Crippen LogP contribution is -1.93. The van der Waals surface area contributed by atoms with E-state index < -0.39 is 0 Å². The number of rotatable bonds is 3. The summed E-state index contributed by atoms with van der Waals surface area (Å²) in [5, 5.41) is 2.16. The predicted molar refractivity (Wildman–Crippen MR) is 92.9 cm³/mol. The molecule has 0 bridgehead atoms. The van der Waals surface area contributed by atoms with Crippen LogP contribution in [0.3, 0.4) is 0 Å². The number of pyridine rings is 1. The van der Waals surface area contributed by atoms with Crippen molar-refractivity contribution in [2.45, 2.75) is 13.8 Å².